The smallest absolute Gasteiger partial charge is 0.256 e. The minimum Gasteiger partial charge on any atom is -0.342 e. The summed E-state index contributed by atoms with van der Waals surface area (Å²) in [6, 6.07) is 6.03. The van der Waals surface area contributed by atoms with Crippen LogP contribution >= 0.6 is 0 Å². The Morgan fingerprint density at radius 3 is 2.81 bits per heavy atom. The van der Waals surface area contributed by atoms with Crippen LogP contribution in [0.5, 0.6) is 0 Å². The maximum Gasteiger partial charge on any atom is 0.256 e. The zero-order chi connectivity index (χ0) is 12.0. The highest BCUT2D eigenvalue weighted by Crippen LogP contribution is 2.09. The molecule has 0 atom stereocenters. The SMILES string of the molecule is C=CCCCN(C)C(=O)c1ccccc1F. The van der Waals surface area contributed by atoms with Crippen LogP contribution in [0.15, 0.2) is 36.9 Å². The van der Waals surface area contributed by atoms with Crippen molar-refractivity contribution in [2.75, 3.05) is 13.6 Å². The first kappa shape index (κ1) is 12.4. The van der Waals surface area contributed by atoms with E-state index in [4.69, 9.17) is 0 Å². The van der Waals surface area contributed by atoms with Gasteiger partial charge in [0.15, 0.2) is 0 Å². The first-order valence-electron chi connectivity index (χ1n) is 5.27. The lowest BCUT2D eigenvalue weighted by Gasteiger charge is -2.16. The lowest BCUT2D eigenvalue weighted by Crippen LogP contribution is -2.28. The zero-order valence-corrected chi connectivity index (χ0v) is 9.45. The number of halogens is 1. The Balaban J connectivity index is 2.63. The number of unbranched alkanes of at least 4 members (excludes halogenated alkanes) is 1. The molecule has 86 valence electrons. The predicted octanol–water partition coefficient (Wildman–Crippen LogP) is 2.86. The van der Waals surface area contributed by atoms with E-state index in [1.807, 2.05) is 0 Å². The van der Waals surface area contributed by atoms with Crippen molar-refractivity contribution in [3.05, 3.63) is 48.3 Å². The number of amides is 1. The lowest BCUT2D eigenvalue weighted by atomic mass is 10.2. The second-order valence-corrected chi connectivity index (χ2v) is 3.64. The van der Waals surface area contributed by atoms with Crippen LogP contribution in [-0.4, -0.2) is 24.4 Å². The van der Waals surface area contributed by atoms with Gasteiger partial charge in [-0.05, 0) is 25.0 Å². The fraction of sp³-hybridized carbons (Fsp3) is 0.308. The summed E-state index contributed by atoms with van der Waals surface area (Å²) in [5, 5.41) is 0. The number of rotatable bonds is 5. The number of allylic oxidation sites excluding steroid dienone is 1. The standard InChI is InChI=1S/C13H16FNO/c1-3-4-7-10-15(2)13(16)11-8-5-6-9-12(11)14/h3,5-6,8-9H,1,4,7,10H2,2H3. The third-order valence-electron chi connectivity index (χ3n) is 2.35. The van der Waals surface area contributed by atoms with E-state index in [0.29, 0.717) is 6.54 Å². The van der Waals surface area contributed by atoms with Crippen LogP contribution in [0.2, 0.25) is 0 Å². The molecular weight excluding hydrogens is 205 g/mol. The summed E-state index contributed by atoms with van der Waals surface area (Å²) in [7, 11) is 1.68. The van der Waals surface area contributed by atoms with Gasteiger partial charge in [0.1, 0.15) is 5.82 Å². The molecule has 1 aromatic carbocycles. The highest BCUT2D eigenvalue weighted by atomic mass is 19.1. The Labute approximate surface area is 95.4 Å². The van der Waals surface area contributed by atoms with Gasteiger partial charge < -0.3 is 4.90 Å². The van der Waals surface area contributed by atoms with Gasteiger partial charge in [-0.2, -0.15) is 0 Å². The molecule has 0 aromatic heterocycles. The normalized spacial score (nSPS) is 9.88. The van der Waals surface area contributed by atoms with E-state index in [-0.39, 0.29) is 11.5 Å². The van der Waals surface area contributed by atoms with Crippen molar-refractivity contribution in [2.24, 2.45) is 0 Å². The van der Waals surface area contributed by atoms with Crippen LogP contribution < -0.4 is 0 Å². The number of carbonyl (C=O) groups excluding carboxylic acids is 1. The van der Waals surface area contributed by atoms with E-state index < -0.39 is 5.82 Å². The van der Waals surface area contributed by atoms with Crippen molar-refractivity contribution in [3.8, 4) is 0 Å². The topological polar surface area (TPSA) is 20.3 Å². The molecule has 0 bridgehead atoms. The molecule has 2 nitrogen and oxygen atoms in total. The summed E-state index contributed by atoms with van der Waals surface area (Å²) in [6.45, 7) is 4.22. The lowest BCUT2D eigenvalue weighted by molar-refractivity contribution is 0.0789. The second kappa shape index (κ2) is 6.05. The van der Waals surface area contributed by atoms with Crippen LogP contribution in [0.25, 0.3) is 0 Å². The van der Waals surface area contributed by atoms with E-state index in [2.05, 4.69) is 6.58 Å². The summed E-state index contributed by atoms with van der Waals surface area (Å²) >= 11 is 0. The highest BCUT2D eigenvalue weighted by Gasteiger charge is 2.14. The van der Waals surface area contributed by atoms with Crippen LogP contribution in [-0.2, 0) is 0 Å². The van der Waals surface area contributed by atoms with Gasteiger partial charge >= 0.3 is 0 Å². The van der Waals surface area contributed by atoms with Gasteiger partial charge in [-0.15, -0.1) is 6.58 Å². The summed E-state index contributed by atoms with van der Waals surface area (Å²) in [6.07, 6.45) is 3.51. The van der Waals surface area contributed by atoms with Crippen molar-refractivity contribution in [1.29, 1.82) is 0 Å². The largest absolute Gasteiger partial charge is 0.342 e. The third kappa shape index (κ3) is 3.19. The van der Waals surface area contributed by atoms with Crippen molar-refractivity contribution < 1.29 is 9.18 Å². The van der Waals surface area contributed by atoms with Crippen molar-refractivity contribution >= 4 is 5.91 Å². The van der Waals surface area contributed by atoms with Crippen molar-refractivity contribution in [3.63, 3.8) is 0 Å². The maximum atomic E-state index is 13.3. The molecule has 0 fully saturated rings. The molecule has 0 heterocycles. The molecule has 1 amide bonds. The molecule has 1 rings (SSSR count). The molecule has 16 heavy (non-hydrogen) atoms. The Hall–Kier alpha value is -1.64. The van der Waals surface area contributed by atoms with E-state index in [1.165, 1.54) is 17.0 Å². The molecular formula is C13H16FNO. The quantitative estimate of drug-likeness (QED) is 0.553. The molecule has 0 radical (unpaired) electrons. The monoisotopic (exact) mass is 221 g/mol. The van der Waals surface area contributed by atoms with Crippen LogP contribution in [0.3, 0.4) is 0 Å². The molecule has 0 N–H and O–H groups in total. The third-order valence-corrected chi connectivity index (χ3v) is 2.35. The minimum atomic E-state index is -0.469. The number of nitrogens with zero attached hydrogens (tertiary/aromatic N) is 1. The van der Waals surface area contributed by atoms with Gasteiger partial charge in [0, 0.05) is 13.6 Å². The Bertz CT molecular complexity index is 376. The van der Waals surface area contributed by atoms with E-state index in [0.717, 1.165) is 12.8 Å². The van der Waals surface area contributed by atoms with Crippen molar-refractivity contribution in [1.82, 2.24) is 4.90 Å². The second-order valence-electron chi connectivity index (χ2n) is 3.64. The summed E-state index contributed by atoms with van der Waals surface area (Å²) in [5.74, 6) is -0.745. The molecule has 0 spiro atoms. The first-order chi connectivity index (χ1) is 7.66. The molecule has 0 saturated heterocycles. The Morgan fingerprint density at radius 1 is 1.50 bits per heavy atom. The average molecular weight is 221 g/mol. The van der Waals surface area contributed by atoms with Crippen LogP contribution in [0.1, 0.15) is 23.2 Å². The number of hydrogen-bond donors (Lipinski definition) is 0. The fourth-order valence-corrected chi connectivity index (χ4v) is 1.41. The summed E-state index contributed by atoms with van der Waals surface area (Å²) in [4.78, 5) is 13.3. The van der Waals surface area contributed by atoms with Crippen LogP contribution in [0, 0.1) is 5.82 Å². The Kier molecular flexibility index (Phi) is 4.70. The molecule has 0 aliphatic heterocycles. The predicted molar refractivity (Wildman–Crippen MR) is 62.8 cm³/mol. The fourth-order valence-electron chi connectivity index (χ4n) is 1.41. The van der Waals surface area contributed by atoms with Crippen LogP contribution in [0.4, 0.5) is 4.39 Å². The van der Waals surface area contributed by atoms with E-state index in [1.54, 1.807) is 25.3 Å². The van der Waals surface area contributed by atoms with Gasteiger partial charge in [0.25, 0.3) is 5.91 Å². The van der Waals surface area contributed by atoms with E-state index in [9.17, 15) is 9.18 Å². The summed E-state index contributed by atoms with van der Waals surface area (Å²) < 4.78 is 13.3. The van der Waals surface area contributed by atoms with Gasteiger partial charge in [-0.25, -0.2) is 4.39 Å². The molecule has 0 aliphatic rings. The van der Waals surface area contributed by atoms with Gasteiger partial charge in [-0.1, -0.05) is 18.2 Å². The average Bonchev–Trinajstić information content (AvgIpc) is 2.29. The molecule has 0 unspecified atom stereocenters. The molecule has 1 aromatic rings. The molecule has 0 aliphatic carbocycles. The van der Waals surface area contributed by atoms with Gasteiger partial charge in [0.2, 0.25) is 0 Å². The Morgan fingerprint density at radius 2 is 2.19 bits per heavy atom. The number of hydrogen-bond acceptors (Lipinski definition) is 1. The molecule has 3 heteroatoms. The number of benzene rings is 1. The van der Waals surface area contributed by atoms with Gasteiger partial charge in [-0.3, -0.25) is 4.79 Å². The minimum absolute atomic E-state index is 0.128. The summed E-state index contributed by atoms with van der Waals surface area (Å²) in [5.41, 5.74) is 0.128. The van der Waals surface area contributed by atoms with Gasteiger partial charge in [0.05, 0.1) is 5.56 Å². The molecule has 0 saturated carbocycles. The van der Waals surface area contributed by atoms with E-state index >= 15 is 0 Å². The zero-order valence-electron chi connectivity index (χ0n) is 9.45. The van der Waals surface area contributed by atoms with Crippen molar-refractivity contribution in [2.45, 2.75) is 12.8 Å². The highest BCUT2D eigenvalue weighted by molar-refractivity contribution is 5.94. The maximum absolute atomic E-state index is 13.3. The first-order valence-corrected chi connectivity index (χ1v) is 5.27. The number of carbonyl (C=O) groups is 1.